The maximum absolute atomic E-state index is 11.5. The van der Waals surface area contributed by atoms with E-state index in [2.05, 4.69) is 6.92 Å². The third kappa shape index (κ3) is 39.0. The molecule has 13 nitrogen and oxygen atoms in total. The van der Waals surface area contributed by atoms with Gasteiger partial charge in [0.05, 0.1) is 139 Å². The lowest BCUT2D eigenvalue weighted by Gasteiger charge is -2.09. The highest BCUT2D eigenvalue weighted by atomic mass is 16.6. The molecule has 0 aromatic heterocycles. The summed E-state index contributed by atoms with van der Waals surface area (Å²) in [6, 6.07) is 0. The first-order chi connectivity index (χ1) is 21.3. The van der Waals surface area contributed by atoms with Crippen LogP contribution < -0.4 is 0 Å². The number of esters is 1. The standard InChI is InChI=1S/C30H60O13/c1-3-4-5-6-7-30(31)43-29-28-42-27-26-41-25-24-40-23-22-39-21-20-38-19-18-37-17-16-36-15-14-35-13-12-34-11-10-33-9-8-32-2/h3-29H2,1-2H3. The van der Waals surface area contributed by atoms with Crippen LogP contribution in [0.15, 0.2) is 0 Å². The topological polar surface area (TPSA) is 128 Å². The number of hydrogen-bond acceptors (Lipinski definition) is 13. The van der Waals surface area contributed by atoms with E-state index in [4.69, 9.17) is 56.8 Å². The van der Waals surface area contributed by atoms with Crippen molar-refractivity contribution >= 4 is 5.97 Å². The van der Waals surface area contributed by atoms with Crippen LogP contribution >= 0.6 is 0 Å². The normalized spacial score (nSPS) is 11.4. The minimum Gasteiger partial charge on any atom is -0.463 e. The molecule has 0 aliphatic rings. The van der Waals surface area contributed by atoms with Crippen molar-refractivity contribution in [3.05, 3.63) is 0 Å². The predicted molar refractivity (Wildman–Crippen MR) is 160 cm³/mol. The van der Waals surface area contributed by atoms with Crippen molar-refractivity contribution in [3.63, 3.8) is 0 Å². The van der Waals surface area contributed by atoms with Gasteiger partial charge in [-0.25, -0.2) is 0 Å². The van der Waals surface area contributed by atoms with E-state index in [9.17, 15) is 4.79 Å². The summed E-state index contributed by atoms with van der Waals surface area (Å²) in [5.74, 6) is -0.152. The molecule has 0 heterocycles. The van der Waals surface area contributed by atoms with Gasteiger partial charge in [-0.1, -0.05) is 26.2 Å². The number of ether oxygens (including phenoxy) is 12. The lowest BCUT2D eigenvalue weighted by molar-refractivity contribution is -0.145. The quantitative estimate of drug-likeness (QED) is 0.0734. The van der Waals surface area contributed by atoms with Gasteiger partial charge in [-0.2, -0.15) is 0 Å². The first-order valence-corrected chi connectivity index (χ1v) is 15.7. The van der Waals surface area contributed by atoms with Crippen LogP contribution in [0.1, 0.15) is 39.0 Å². The van der Waals surface area contributed by atoms with Crippen LogP contribution in [0.2, 0.25) is 0 Å². The third-order valence-corrected chi connectivity index (χ3v) is 5.51. The molecule has 0 unspecified atom stereocenters. The maximum atomic E-state index is 11.5. The smallest absolute Gasteiger partial charge is 0.305 e. The average Bonchev–Trinajstić information content (AvgIpc) is 3.01. The molecule has 0 saturated carbocycles. The van der Waals surface area contributed by atoms with Gasteiger partial charge in [-0.15, -0.1) is 0 Å². The van der Waals surface area contributed by atoms with Gasteiger partial charge in [0.1, 0.15) is 6.61 Å². The van der Waals surface area contributed by atoms with Gasteiger partial charge in [0.15, 0.2) is 0 Å². The van der Waals surface area contributed by atoms with Gasteiger partial charge in [-0.05, 0) is 6.42 Å². The first-order valence-electron chi connectivity index (χ1n) is 15.7. The Morgan fingerprint density at radius 3 is 0.930 bits per heavy atom. The van der Waals surface area contributed by atoms with Gasteiger partial charge >= 0.3 is 5.97 Å². The SMILES string of the molecule is CCCCCCC(=O)OCCOCCOCCOCCOCCOCCOCCOCCOCCOCCOCCOC. The van der Waals surface area contributed by atoms with Gasteiger partial charge < -0.3 is 56.8 Å². The van der Waals surface area contributed by atoms with Crippen molar-refractivity contribution in [1.29, 1.82) is 0 Å². The third-order valence-electron chi connectivity index (χ3n) is 5.51. The summed E-state index contributed by atoms with van der Waals surface area (Å²) in [6.45, 7) is 13.1. The van der Waals surface area contributed by atoms with E-state index in [1.807, 2.05) is 0 Å². The van der Waals surface area contributed by atoms with Gasteiger partial charge in [-0.3, -0.25) is 4.79 Å². The highest BCUT2D eigenvalue weighted by Gasteiger charge is 2.02. The zero-order valence-electron chi connectivity index (χ0n) is 26.9. The molecule has 0 aliphatic carbocycles. The Bertz CT molecular complexity index is 528. The van der Waals surface area contributed by atoms with Crippen molar-refractivity contribution in [2.24, 2.45) is 0 Å². The molecule has 0 aromatic rings. The number of carbonyl (C=O) groups excluding carboxylic acids is 1. The number of rotatable bonds is 38. The van der Waals surface area contributed by atoms with E-state index >= 15 is 0 Å². The second-order valence-corrected chi connectivity index (χ2v) is 9.15. The van der Waals surface area contributed by atoms with E-state index < -0.39 is 0 Å². The molecule has 0 aromatic carbocycles. The number of unbranched alkanes of at least 4 members (excludes halogenated alkanes) is 3. The molecule has 43 heavy (non-hydrogen) atoms. The lowest BCUT2D eigenvalue weighted by atomic mass is 10.2. The van der Waals surface area contributed by atoms with E-state index in [1.54, 1.807) is 7.11 Å². The predicted octanol–water partition coefficient (Wildman–Crippen LogP) is 2.31. The van der Waals surface area contributed by atoms with Gasteiger partial charge in [0.25, 0.3) is 0 Å². The maximum Gasteiger partial charge on any atom is 0.305 e. The van der Waals surface area contributed by atoms with Crippen LogP contribution in [0.25, 0.3) is 0 Å². The summed E-state index contributed by atoms with van der Waals surface area (Å²) in [5, 5.41) is 0. The molecule has 0 amide bonds. The zero-order chi connectivity index (χ0) is 31.2. The largest absolute Gasteiger partial charge is 0.463 e. The number of carbonyl (C=O) groups is 1. The monoisotopic (exact) mass is 628 g/mol. The van der Waals surface area contributed by atoms with Crippen LogP contribution in [0, 0.1) is 0 Å². The number of hydrogen-bond donors (Lipinski definition) is 0. The summed E-state index contributed by atoms with van der Waals surface area (Å²) in [5.41, 5.74) is 0. The molecule has 0 bridgehead atoms. The molecule has 0 N–H and O–H groups in total. The fourth-order valence-corrected chi connectivity index (χ4v) is 3.21. The molecule has 0 radical (unpaired) electrons. The molecule has 13 heteroatoms. The second-order valence-electron chi connectivity index (χ2n) is 9.15. The molecule has 0 spiro atoms. The van der Waals surface area contributed by atoms with Crippen molar-refractivity contribution in [3.8, 4) is 0 Å². The molecule has 0 fully saturated rings. The summed E-state index contributed by atoms with van der Waals surface area (Å²) in [6.07, 6.45) is 4.76. The second kappa shape index (κ2) is 39.1. The summed E-state index contributed by atoms with van der Waals surface area (Å²) in [4.78, 5) is 11.5. The van der Waals surface area contributed by atoms with Crippen molar-refractivity contribution in [2.75, 3.05) is 152 Å². The van der Waals surface area contributed by atoms with Gasteiger partial charge in [0, 0.05) is 13.5 Å². The molecular formula is C30H60O13. The Labute approximate surface area is 259 Å². The Morgan fingerprint density at radius 2 is 0.651 bits per heavy atom. The lowest BCUT2D eigenvalue weighted by Crippen LogP contribution is -2.15. The van der Waals surface area contributed by atoms with Crippen LogP contribution in [0.5, 0.6) is 0 Å². The average molecular weight is 629 g/mol. The van der Waals surface area contributed by atoms with Crippen molar-refractivity contribution in [1.82, 2.24) is 0 Å². The minimum atomic E-state index is -0.152. The van der Waals surface area contributed by atoms with E-state index in [0.717, 1.165) is 25.7 Å². The summed E-state index contributed by atoms with van der Waals surface area (Å²) < 4.78 is 64.3. The summed E-state index contributed by atoms with van der Waals surface area (Å²) >= 11 is 0. The van der Waals surface area contributed by atoms with Crippen LogP contribution in [-0.2, 0) is 61.6 Å². The van der Waals surface area contributed by atoms with Gasteiger partial charge in [0.2, 0.25) is 0 Å². The Morgan fingerprint density at radius 1 is 0.372 bits per heavy atom. The van der Waals surface area contributed by atoms with E-state index in [-0.39, 0.29) is 12.6 Å². The van der Waals surface area contributed by atoms with Crippen LogP contribution in [-0.4, -0.2) is 158 Å². The molecule has 0 atom stereocenters. The summed E-state index contributed by atoms with van der Waals surface area (Å²) in [7, 11) is 1.64. The molecule has 0 saturated heterocycles. The highest BCUT2D eigenvalue weighted by Crippen LogP contribution is 2.03. The molecule has 0 rings (SSSR count). The Kier molecular flexibility index (Phi) is 38.2. The molecule has 0 aliphatic heterocycles. The van der Waals surface area contributed by atoms with Crippen molar-refractivity contribution < 1.29 is 61.6 Å². The first kappa shape index (κ1) is 42.0. The van der Waals surface area contributed by atoms with Crippen LogP contribution in [0.3, 0.4) is 0 Å². The Hall–Kier alpha value is -0.970. The van der Waals surface area contributed by atoms with Crippen molar-refractivity contribution in [2.45, 2.75) is 39.0 Å². The fraction of sp³-hybridized carbons (Fsp3) is 0.967. The Balaban J connectivity index is 3.07. The zero-order valence-corrected chi connectivity index (χ0v) is 26.9. The molecule has 258 valence electrons. The molecular weight excluding hydrogens is 568 g/mol. The van der Waals surface area contributed by atoms with Crippen LogP contribution in [0.4, 0.5) is 0 Å². The fourth-order valence-electron chi connectivity index (χ4n) is 3.21. The van der Waals surface area contributed by atoms with E-state index in [1.165, 1.54) is 0 Å². The van der Waals surface area contributed by atoms with E-state index in [0.29, 0.717) is 145 Å². The highest BCUT2D eigenvalue weighted by molar-refractivity contribution is 5.69. The number of methoxy groups -OCH3 is 1. The minimum absolute atomic E-state index is 0.152.